The maximum atomic E-state index is 14.1. The number of benzene rings is 3. The van der Waals surface area contributed by atoms with E-state index in [1.54, 1.807) is 24.3 Å². The van der Waals surface area contributed by atoms with E-state index in [0.717, 1.165) is 22.7 Å². The topological polar surface area (TPSA) is 70.1 Å². The van der Waals surface area contributed by atoms with Gasteiger partial charge >= 0.3 is 0 Å². The number of methoxy groups -OCH3 is 1. The van der Waals surface area contributed by atoms with Crippen LogP contribution in [0, 0.1) is 11.6 Å². The maximum absolute atomic E-state index is 14.1. The molecule has 180 valence electrons. The summed E-state index contributed by atoms with van der Waals surface area (Å²) in [7, 11) is 5.12. The number of Topliss-reactive ketones (excluding diaryl/α,β-unsaturated/α-hetero) is 1. The Labute approximate surface area is 205 Å². The summed E-state index contributed by atoms with van der Waals surface area (Å²) in [5.74, 6) is -4.41. The second-order valence-corrected chi connectivity index (χ2v) is 8.51. The molecule has 6 nitrogen and oxygen atoms in total. The molecule has 3 aromatic carbocycles. The molecule has 4 rings (SSSR count). The minimum atomic E-state index is -1.17. The van der Waals surface area contributed by atoms with Crippen molar-refractivity contribution >= 4 is 40.4 Å². The van der Waals surface area contributed by atoms with Crippen LogP contribution in [0.25, 0.3) is 5.76 Å². The number of aliphatic hydroxyl groups excluding tert-OH is 1. The first-order chi connectivity index (χ1) is 16.6. The van der Waals surface area contributed by atoms with Gasteiger partial charge in [-0.05, 0) is 48.0 Å². The van der Waals surface area contributed by atoms with Gasteiger partial charge in [0, 0.05) is 37.1 Å². The van der Waals surface area contributed by atoms with Crippen LogP contribution in [-0.4, -0.2) is 38.0 Å². The SMILES string of the molecule is COc1cc(/C(O)=C2\C(=O)C(=O)N(c3ccc(F)c(F)c3)C2c2ccc(N(C)C)cc2)ccc1Cl. The molecule has 1 heterocycles. The maximum Gasteiger partial charge on any atom is 0.300 e. The number of amides is 1. The predicted octanol–water partition coefficient (Wildman–Crippen LogP) is 5.32. The van der Waals surface area contributed by atoms with Gasteiger partial charge in [-0.3, -0.25) is 14.5 Å². The number of aliphatic hydroxyl groups is 1. The van der Waals surface area contributed by atoms with Gasteiger partial charge in [0.2, 0.25) is 0 Å². The van der Waals surface area contributed by atoms with Crippen LogP contribution >= 0.6 is 11.6 Å². The van der Waals surface area contributed by atoms with E-state index in [4.69, 9.17) is 16.3 Å². The van der Waals surface area contributed by atoms with E-state index in [2.05, 4.69) is 0 Å². The van der Waals surface area contributed by atoms with Crippen LogP contribution < -0.4 is 14.5 Å². The number of nitrogens with zero attached hydrogens (tertiary/aromatic N) is 2. The Kier molecular flexibility index (Phi) is 6.49. The van der Waals surface area contributed by atoms with E-state index < -0.39 is 35.1 Å². The zero-order chi connectivity index (χ0) is 25.4. The summed E-state index contributed by atoms with van der Waals surface area (Å²) in [6.07, 6.45) is 0. The molecule has 1 aliphatic rings. The molecule has 1 unspecified atom stereocenters. The molecule has 0 aliphatic carbocycles. The van der Waals surface area contributed by atoms with Crippen LogP contribution in [0.3, 0.4) is 0 Å². The minimum Gasteiger partial charge on any atom is -0.507 e. The van der Waals surface area contributed by atoms with Crippen molar-refractivity contribution in [3.05, 3.63) is 94.0 Å². The van der Waals surface area contributed by atoms with Crippen molar-refractivity contribution in [2.75, 3.05) is 31.0 Å². The van der Waals surface area contributed by atoms with Crippen LogP contribution in [-0.2, 0) is 9.59 Å². The van der Waals surface area contributed by atoms with E-state index in [0.29, 0.717) is 10.6 Å². The zero-order valence-electron chi connectivity index (χ0n) is 19.1. The van der Waals surface area contributed by atoms with E-state index in [1.165, 1.54) is 31.4 Å². The highest BCUT2D eigenvalue weighted by Crippen LogP contribution is 2.43. The van der Waals surface area contributed by atoms with Gasteiger partial charge in [-0.1, -0.05) is 23.7 Å². The van der Waals surface area contributed by atoms with Crippen LogP contribution in [0.15, 0.2) is 66.2 Å². The first kappa shape index (κ1) is 24.2. The third kappa shape index (κ3) is 4.33. The fraction of sp³-hybridized carbons (Fsp3) is 0.154. The van der Waals surface area contributed by atoms with E-state index >= 15 is 0 Å². The van der Waals surface area contributed by atoms with Gasteiger partial charge in [0.25, 0.3) is 11.7 Å². The Balaban J connectivity index is 1.95. The molecule has 3 aromatic rings. The van der Waals surface area contributed by atoms with Crippen molar-refractivity contribution < 1.29 is 28.2 Å². The highest BCUT2D eigenvalue weighted by atomic mass is 35.5. The lowest BCUT2D eigenvalue weighted by Crippen LogP contribution is -2.29. The number of carbonyl (C=O) groups is 2. The molecule has 1 atom stereocenters. The van der Waals surface area contributed by atoms with Crippen molar-refractivity contribution in [1.82, 2.24) is 0 Å². The summed E-state index contributed by atoms with van der Waals surface area (Å²) in [5, 5.41) is 11.5. The minimum absolute atomic E-state index is 0.0274. The van der Waals surface area contributed by atoms with Crippen LogP contribution in [0.4, 0.5) is 20.2 Å². The fourth-order valence-corrected chi connectivity index (χ4v) is 4.16. The first-order valence-electron chi connectivity index (χ1n) is 10.5. The lowest BCUT2D eigenvalue weighted by Gasteiger charge is -2.26. The van der Waals surface area contributed by atoms with Crippen molar-refractivity contribution in [1.29, 1.82) is 0 Å². The largest absolute Gasteiger partial charge is 0.507 e. The van der Waals surface area contributed by atoms with Crippen molar-refractivity contribution in [3.8, 4) is 5.75 Å². The molecule has 1 amide bonds. The molecule has 0 aromatic heterocycles. The number of rotatable bonds is 5. The van der Waals surface area contributed by atoms with E-state index in [1.807, 2.05) is 19.0 Å². The lowest BCUT2D eigenvalue weighted by molar-refractivity contribution is -0.132. The van der Waals surface area contributed by atoms with Crippen molar-refractivity contribution in [2.24, 2.45) is 0 Å². The van der Waals surface area contributed by atoms with Gasteiger partial charge in [0.05, 0.1) is 23.7 Å². The molecule has 0 radical (unpaired) electrons. The van der Waals surface area contributed by atoms with Gasteiger partial charge in [-0.15, -0.1) is 0 Å². The highest BCUT2D eigenvalue weighted by Gasteiger charge is 2.47. The lowest BCUT2D eigenvalue weighted by atomic mass is 9.94. The number of anilines is 2. The van der Waals surface area contributed by atoms with Gasteiger partial charge < -0.3 is 14.7 Å². The number of halogens is 3. The zero-order valence-corrected chi connectivity index (χ0v) is 19.8. The second-order valence-electron chi connectivity index (χ2n) is 8.10. The Morgan fingerprint density at radius 2 is 1.69 bits per heavy atom. The number of hydrogen-bond donors (Lipinski definition) is 1. The average molecular weight is 499 g/mol. The molecule has 0 bridgehead atoms. The number of ketones is 1. The fourth-order valence-electron chi connectivity index (χ4n) is 3.97. The molecule has 1 saturated heterocycles. The van der Waals surface area contributed by atoms with Crippen LogP contribution in [0.5, 0.6) is 5.75 Å². The van der Waals surface area contributed by atoms with Crippen LogP contribution in [0.1, 0.15) is 17.2 Å². The van der Waals surface area contributed by atoms with Gasteiger partial charge in [0.1, 0.15) is 11.5 Å². The Morgan fingerprint density at radius 3 is 2.29 bits per heavy atom. The number of ether oxygens (including phenoxy) is 1. The first-order valence-corrected chi connectivity index (χ1v) is 10.9. The number of hydrogen-bond acceptors (Lipinski definition) is 5. The summed E-state index contributed by atoms with van der Waals surface area (Å²) in [6, 6.07) is 13.2. The summed E-state index contributed by atoms with van der Waals surface area (Å²) < 4.78 is 32.9. The van der Waals surface area contributed by atoms with E-state index in [-0.39, 0.29) is 22.6 Å². The standard InChI is InChI=1S/C26H21ClF2N2O4/c1-30(2)16-7-4-14(5-8-16)23-22(24(32)15-6-10-18(27)21(12-15)35-3)25(33)26(34)31(23)17-9-11-19(28)20(29)13-17/h4-13,23,32H,1-3H3/b24-22+. The summed E-state index contributed by atoms with van der Waals surface area (Å²) in [4.78, 5) is 29.3. The third-order valence-electron chi connectivity index (χ3n) is 5.78. The van der Waals surface area contributed by atoms with Gasteiger partial charge in [-0.25, -0.2) is 8.78 Å². The van der Waals surface area contributed by atoms with Gasteiger partial charge in [0.15, 0.2) is 11.6 Å². The molecule has 1 aliphatic heterocycles. The average Bonchev–Trinajstić information content (AvgIpc) is 3.11. The van der Waals surface area contributed by atoms with Gasteiger partial charge in [-0.2, -0.15) is 0 Å². The Hall–Kier alpha value is -3.91. The second kappa shape index (κ2) is 9.38. The Morgan fingerprint density at radius 1 is 1.00 bits per heavy atom. The molecule has 9 heteroatoms. The third-order valence-corrected chi connectivity index (χ3v) is 6.09. The summed E-state index contributed by atoms with van der Waals surface area (Å²) >= 11 is 6.09. The molecule has 1 N–H and O–H groups in total. The molecule has 0 saturated carbocycles. The van der Waals surface area contributed by atoms with Crippen molar-refractivity contribution in [3.63, 3.8) is 0 Å². The normalized spacial score (nSPS) is 17.1. The molecule has 1 fully saturated rings. The van der Waals surface area contributed by atoms with E-state index in [9.17, 15) is 23.5 Å². The quantitative estimate of drug-likeness (QED) is 0.293. The highest BCUT2D eigenvalue weighted by molar-refractivity contribution is 6.51. The molecule has 0 spiro atoms. The Bertz CT molecular complexity index is 1360. The molecular weight excluding hydrogens is 478 g/mol. The summed E-state index contributed by atoms with van der Waals surface area (Å²) in [6.45, 7) is 0. The summed E-state index contributed by atoms with van der Waals surface area (Å²) in [5.41, 5.74) is 1.31. The monoisotopic (exact) mass is 498 g/mol. The molecule has 35 heavy (non-hydrogen) atoms. The van der Waals surface area contributed by atoms with Crippen LogP contribution in [0.2, 0.25) is 5.02 Å². The smallest absolute Gasteiger partial charge is 0.300 e. The number of carbonyl (C=O) groups excluding carboxylic acids is 2. The molecular formula is C26H21ClF2N2O4. The van der Waals surface area contributed by atoms with Crippen molar-refractivity contribution in [2.45, 2.75) is 6.04 Å². The predicted molar refractivity (Wildman–Crippen MR) is 130 cm³/mol.